The number of carboxylic acid groups (broad SMARTS) is 1. The SMILES string of the molecule is O=C(c1ccc(CNC[C@H](O)c2ccc(O)c3[nH]c(=O)ccc23)cc1)N1C[C@@H]2CCN(C(=O)COc3cccc([C@@](O)(C(=O)O)c4ccccc4CC4CCN(Cc5ccccc5)CC4)c3)[C@@H]2C1. The number of aromatic amines is 1. The number of fused-ring (bicyclic) bond motifs is 2. The molecule has 0 aliphatic carbocycles. The van der Waals surface area contributed by atoms with Crippen molar-refractivity contribution >= 4 is 28.7 Å². The van der Waals surface area contributed by atoms with Crippen LogP contribution in [0.15, 0.2) is 132 Å². The number of H-pyrrole nitrogens is 1. The van der Waals surface area contributed by atoms with Crippen LogP contribution in [0.3, 0.4) is 0 Å². The van der Waals surface area contributed by atoms with Crippen molar-refractivity contribution in [2.45, 2.75) is 56.5 Å². The summed E-state index contributed by atoms with van der Waals surface area (Å²) in [7, 11) is 0. The lowest BCUT2D eigenvalue weighted by Crippen LogP contribution is -2.42. The first-order chi connectivity index (χ1) is 32.9. The van der Waals surface area contributed by atoms with E-state index in [4.69, 9.17) is 4.74 Å². The van der Waals surface area contributed by atoms with Gasteiger partial charge in [-0.05, 0) is 103 Å². The van der Waals surface area contributed by atoms with Crippen LogP contribution in [0.5, 0.6) is 11.5 Å². The summed E-state index contributed by atoms with van der Waals surface area (Å²) >= 11 is 0. The number of piperidine rings is 1. The number of carbonyl (C=O) groups excluding carboxylic acids is 2. The first-order valence-corrected chi connectivity index (χ1v) is 23.4. The number of aromatic nitrogens is 1. The lowest BCUT2D eigenvalue weighted by atomic mass is 9.80. The quantitative estimate of drug-likeness (QED) is 0.0709. The maximum atomic E-state index is 13.7. The highest BCUT2D eigenvalue weighted by atomic mass is 16.5. The van der Waals surface area contributed by atoms with Crippen LogP contribution in [-0.4, -0.2) is 110 Å². The van der Waals surface area contributed by atoms with Gasteiger partial charge in [-0.3, -0.25) is 19.3 Å². The zero-order valence-corrected chi connectivity index (χ0v) is 37.8. The minimum atomic E-state index is -2.35. The molecule has 3 fully saturated rings. The second-order valence-corrected chi connectivity index (χ2v) is 18.4. The van der Waals surface area contributed by atoms with E-state index in [-0.39, 0.29) is 65.1 Å². The number of hydrogen-bond acceptors (Lipinski definition) is 10. The molecule has 0 spiro atoms. The van der Waals surface area contributed by atoms with Gasteiger partial charge < -0.3 is 45.3 Å². The first kappa shape index (κ1) is 46.3. The van der Waals surface area contributed by atoms with Gasteiger partial charge in [-0.2, -0.15) is 0 Å². The van der Waals surface area contributed by atoms with Crippen LogP contribution in [0.1, 0.15) is 69.1 Å². The largest absolute Gasteiger partial charge is 0.506 e. The Morgan fingerprint density at radius 2 is 1.59 bits per heavy atom. The summed E-state index contributed by atoms with van der Waals surface area (Å²) < 4.78 is 6.01. The minimum absolute atomic E-state index is 0.0750. The number of carbonyl (C=O) groups is 3. The molecule has 0 saturated carbocycles. The fraction of sp³-hybridized carbons (Fsp3) is 0.333. The molecule has 2 amide bonds. The van der Waals surface area contributed by atoms with E-state index in [0.717, 1.165) is 50.0 Å². The predicted molar refractivity (Wildman–Crippen MR) is 256 cm³/mol. The number of amides is 2. The Kier molecular flexibility index (Phi) is 13.7. The summed E-state index contributed by atoms with van der Waals surface area (Å²) in [6, 6.07) is 37.1. The van der Waals surface area contributed by atoms with E-state index in [1.54, 1.807) is 64.4 Å². The molecule has 3 saturated heterocycles. The monoisotopic (exact) mass is 919 g/mol. The van der Waals surface area contributed by atoms with Crippen molar-refractivity contribution in [2.75, 3.05) is 45.9 Å². The summed E-state index contributed by atoms with van der Waals surface area (Å²) in [4.78, 5) is 60.8. The molecule has 3 aliphatic heterocycles. The summed E-state index contributed by atoms with van der Waals surface area (Å²) in [6.45, 7) is 4.60. The van der Waals surface area contributed by atoms with Crippen molar-refractivity contribution in [1.29, 1.82) is 0 Å². The molecule has 0 radical (unpaired) electrons. The zero-order valence-electron chi connectivity index (χ0n) is 37.8. The first-order valence-electron chi connectivity index (χ1n) is 23.4. The molecule has 352 valence electrons. The second-order valence-electron chi connectivity index (χ2n) is 18.4. The lowest BCUT2D eigenvalue weighted by molar-refractivity contribution is -0.155. The lowest BCUT2D eigenvalue weighted by Gasteiger charge is -2.33. The highest BCUT2D eigenvalue weighted by Gasteiger charge is 2.45. The third-order valence-corrected chi connectivity index (χ3v) is 14.1. The highest BCUT2D eigenvalue weighted by Crippen LogP contribution is 2.37. The topological polar surface area (TPSA) is 196 Å². The number of aliphatic carboxylic acids is 1. The molecule has 1 aromatic heterocycles. The summed E-state index contributed by atoms with van der Waals surface area (Å²) in [5.74, 6) is -1.11. The number of aliphatic hydroxyl groups is 2. The standard InChI is InChI=1S/C54H57N5O9/c60-47-19-17-43(44-18-20-49(62)56-51(44)47)48(61)30-55-29-36-13-15-38(16-14-36)52(64)58-32-40-23-26-59(46(40)33-58)50(63)34-68-42-11-6-10-41(28-42)54(67,53(65)66)45-12-5-4-9-39(45)27-35-21-24-57(25-22-35)31-37-7-2-1-3-8-37/h1-20,28,35,40,46,48,55,60-61,67H,21-27,29-34H2,(H,56,62)(H,65,66)/t40-,46+,48-,54-/m0/s1. The van der Waals surface area contributed by atoms with Crippen molar-refractivity contribution in [3.8, 4) is 11.5 Å². The summed E-state index contributed by atoms with van der Waals surface area (Å²) in [5, 5.41) is 47.6. The van der Waals surface area contributed by atoms with Crippen molar-refractivity contribution in [3.63, 3.8) is 0 Å². The van der Waals surface area contributed by atoms with Gasteiger partial charge in [0.15, 0.2) is 6.61 Å². The van der Waals surface area contributed by atoms with Crippen molar-refractivity contribution < 1.29 is 39.5 Å². The molecule has 4 atom stereocenters. The number of rotatable bonds is 16. The van der Waals surface area contributed by atoms with Crippen molar-refractivity contribution in [3.05, 3.63) is 177 Å². The number of nitrogens with one attached hydrogen (secondary N) is 2. The molecule has 6 N–H and O–H groups in total. The van der Waals surface area contributed by atoms with Gasteiger partial charge in [0.05, 0.1) is 17.7 Å². The van der Waals surface area contributed by atoms with Crippen LogP contribution in [0.25, 0.3) is 10.9 Å². The van der Waals surface area contributed by atoms with Gasteiger partial charge in [0.25, 0.3) is 11.8 Å². The van der Waals surface area contributed by atoms with Crippen molar-refractivity contribution in [1.82, 2.24) is 25.0 Å². The van der Waals surface area contributed by atoms with E-state index in [2.05, 4.69) is 39.5 Å². The van der Waals surface area contributed by atoms with Crippen LogP contribution in [-0.2, 0) is 34.7 Å². The summed E-state index contributed by atoms with van der Waals surface area (Å²) in [6.07, 6.45) is 2.42. The normalized spacial score (nSPS) is 18.9. The molecular formula is C54H57N5O9. The summed E-state index contributed by atoms with van der Waals surface area (Å²) in [5.41, 5.74) is 2.09. The molecule has 6 aromatic rings. The minimum Gasteiger partial charge on any atom is -0.506 e. The number of hydrogen-bond donors (Lipinski definition) is 6. The predicted octanol–water partition coefficient (Wildman–Crippen LogP) is 5.58. The Morgan fingerprint density at radius 3 is 2.37 bits per heavy atom. The number of aromatic hydroxyl groups is 1. The van der Waals surface area contributed by atoms with E-state index in [1.165, 1.54) is 23.8 Å². The van der Waals surface area contributed by atoms with Crippen LogP contribution in [0.2, 0.25) is 0 Å². The number of benzene rings is 5. The molecule has 0 bridgehead atoms. The molecular weight excluding hydrogens is 863 g/mol. The number of carboxylic acids is 1. The van der Waals surface area contributed by atoms with Gasteiger partial charge in [0.1, 0.15) is 11.5 Å². The van der Waals surface area contributed by atoms with Crippen LogP contribution in [0, 0.1) is 11.8 Å². The van der Waals surface area contributed by atoms with Crippen molar-refractivity contribution in [2.24, 2.45) is 11.8 Å². The maximum Gasteiger partial charge on any atom is 0.345 e. The van der Waals surface area contributed by atoms with Gasteiger partial charge >= 0.3 is 5.97 Å². The number of pyridine rings is 1. The fourth-order valence-electron chi connectivity index (χ4n) is 10.4. The number of phenolic OH excluding ortho intramolecular Hbond substituents is 1. The number of nitrogens with zero attached hydrogens (tertiary/aromatic N) is 3. The average molecular weight is 920 g/mol. The fourth-order valence-corrected chi connectivity index (χ4v) is 10.4. The average Bonchev–Trinajstić information content (AvgIpc) is 3.96. The Labute approximate surface area is 394 Å². The molecule has 14 nitrogen and oxygen atoms in total. The molecule has 0 unspecified atom stereocenters. The molecule has 14 heteroatoms. The Morgan fingerprint density at radius 1 is 0.824 bits per heavy atom. The Balaban J connectivity index is 0.773. The van der Waals surface area contributed by atoms with E-state index in [1.807, 2.05) is 30.3 Å². The number of likely N-dealkylation sites (tertiary alicyclic amines) is 3. The number of aliphatic hydroxyl groups excluding tert-OH is 1. The second kappa shape index (κ2) is 20.2. The molecule has 5 aromatic carbocycles. The number of ether oxygens (including phenoxy) is 1. The van der Waals surface area contributed by atoms with E-state index >= 15 is 0 Å². The number of phenols is 1. The van der Waals surface area contributed by atoms with E-state index in [9.17, 15) is 39.6 Å². The van der Waals surface area contributed by atoms with Gasteiger partial charge in [-0.15, -0.1) is 0 Å². The van der Waals surface area contributed by atoms with Crippen LogP contribution < -0.4 is 15.6 Å². The Hall–Kier alpha value is -6.84. The van der Waals surface area contributed by atoms with Gasteiger partial charge in [0.2, 0.25) is 11.2 Å². The molecule has 9 rings (SSSR count). The third-order valence-electron chi connectivity index (χ3n) is 14.1. The maximum absolute atomic E-state index is 13.7. The molecule has 4 heterocycles. The van der Waals surface area contributed by atoms with Gasteiger partial charge in [0, 0.05) is 73.3 Å². The molecule has 68 heavy (non-hydrogen) atoms. The smallest absolute Gasteiger partial charge is 0.345 e. The van der Waals surface area contributed by atoms with E-state index < -0.39 is 17.7 Å². The van der Waals surface area contributed by atoms with Crippen LogP contribution in [0.4, 0.5) is 0 Å². The highest BCUT2D eigenvalue weighted by molar-refractivity contribution is 5.94. The Bertz CT molecular complexity index is 2830. The zero-order chi connectivity index (χ0) is 47.4. The van der Waals surface area contributed by atoms with Gasteiger partial charge in [-0.1, -0.05) is 84.9 Å². The van der Waals surface area contributed by atoms with Gasteiger partial charge in [-0.25, -0.2) is 4.79 Å². The molecule has 3 aliphatic rings. The van der Waals surface area contributed by atoms with Crippen LogP contribution >= 0.6 is 0 Å². The van der Waals surface area contributed by atoms with E-state index in [0.29, 0.717) is 60.6 Å². The third kappa shape index (κ3) is 9.90.